The molecular weight excluding hydrogens is 296 g/mol. The fourth-order valence-corrected chi connectivity index (χ4v) is 3.06. The SMILES string of the molecule is CC(C)CCCCCC(O)(CCCCCC(C)C)C(=S)S. The molecule has 0 saturated carbocycles. The Hall–Kier alpha value is 0.400. The molecule has 0 aromatic heterocycles. The summed E-state index contributed by atoms with van der Waals surface area (Å²) in [5.74, 6) is 1.55. The minimum atomic E-state index is -0.825. The van der Waals surface area contributed by atoms with Gasteiger partial charge in [-0.05, 0) is 24.7 Å². The van der Waals surface area contributed by atoms with Crippen molar-refractivity contribution in [1.82, 2.24) is 0 Å². The van der Waals surface area contributed by atoms with Crippen molar-refractivity contribution in [3.05, 3.63) is 0 Å². The molecule has 0 atom stereocenters. The van der Waals surface area contributed by atoms with Gasteiger partial charge in [-0.3, -0.25) is 0 Å². The summed E-state index contributed by atoms with van der Waals surface area (Å²) in [6.07, 6.45) is 11.1. The first-order chi connectivity index (χ1) is 9.78. The molecule has 1 nitrogen and oxygen atoms in total. The molecule has 0 bridgehead atoms. The van der Waals surface area contributed by atoms with E-state index in [1.807, 2.05) is 0 Å². The normalized spacial score (nSPS) is 12.4. The van der Waals surface area contributed by atoms with Crippen LogP contribution in [0.1, 0.15) is 91.9 Å². The van der Waals surface area contributed by atoms with Crippen LogP contribution in [0.25, 0.3) is 0 Å². The van der Waals surface area contributed by atoms with Gasteiger partial charge in [0, 0.05) is 0 Å². The van der Waals surface area contributed by atoms with Crippen molar-refractivity contribution in [2.24, 2.45) is 11.8 Å². The Bertz CT molecular complexity index is 256. The van der Waals surface area contributed by atoms with Crippen molar-refractivity contribution >= 4 is 29.0 Å². The topological polar surface area (TPSA) is 20.2 Å². The number of rotatable bonds is 13. The maximum atomic E-state index is 10.7. The average Bonchev–Trinajstić information content (AvgIpc) is 2.37. The average molecular weight is 333 g/mol. The van der Waals surface area contributed by atoms with Crippen molar-refractivity contribution in [2.75, 3.05) is 0 Å². The van der Waals surface area contributed by atoms with Gasteiger partial charge in [0.25, 0.3) is 0 Å². The number of hydrogen-bond acceptors (Lipinski definition) is 2. The molecule has 0 spiro atoms. The molecule has 0 amide bonds. The third-order valence-corrected chi connectivity index (χ3v) is 4.94. The van der Waals surface area contributed by atoms with Crippen LogP contribution in [0.4, 0.5) is 0 Å². The Labute approximate surface area is 143 Å². The molecular formula is C18H36OS2. The zero-order valence-corrected chi connectivity index (χ0v) is 16.2. The maximum absolute atomic E-state index is 10.7. The summed E-state index contributed by atoms with van der Waals surface area (Å²) in [5.41, 5.74) is -0.825. The minimum Gasteiger partial charge on any atom is -0.384 e. The number of thiocarbonyl (C=S) groups is 1. The van der Waals surface area contributed by atoms with Gasteiger partial charge < -0.3 is 5.11 Å². The molecule has 126 valence electrons. The highest BCUT2D eigenvalue weighted by Crippen LogP contribution is 2.27. The fraction of sp³-hybridized carbons (Fsp3) is 0.944. The van der Waals surface area contributed by atoms with Crippen LogP contribution in [0.5, 0.6) is 0 Å². The zero-order chi connectivity index (χ0) is 16.3. The van der Waals surface area contributed by atoms with Crippen molar-refractivity contribution < 1.29 is 5.11 Å². The second-order valence-electron chi connectivity index (χ2n) is 7.32. The molecule has 3 heteroatoms. The highest BCUT2D eigenvalue weighted by atomic mass is 32.1. The predicted molar refractivity (Wildman–Crippen MR) is 102 cm³/mol. The molecule has 0 aliphatic heterocycles. The largest absolute Gasteiger partial charge is 0.384 e. The molecule has 21 heavy (non-hydrogen) atoms. The first kappa shape index (κ1) is 21.4. The number of thiol groups is 1. The molecule has 1 N–H and O–H groups in total. The highest BCUT2D eigenvalue weighted by Gasteiger charge is 2.28. The third-order valence-electron chi connectivity index (χ3n) is 4.14. The molecule has 0 rings (SSSR count). The first-order valence-electron chi connectivity index (χ1n) is 8.73. The lowest BCUT2D eigenvalue weighted by atomic mass is 9.90. The minimum absolute atomic E-state index is 0.482. The first-order valence-corrected chi connectivity index (χ1v) is 9.59. The lowest BCUT2D eigenvalue weighted by Gasteiger charge is -2.27. The lowest BCUT2D eigenvalue weighted by Crippen LogP contribution is -2.34. The van der Waals surface area contributed by atoms with Gasteiger partial charge in [-0.25, -0.2) is 0 Å². The molecule has 0 saturated heterocycles. The number of aliphatic hydroxyl groups is 1. The number of hydrogen-bond donors (Lipinski definition) is 2. The van der Waals surface area contributed by atoms with E-state index in [9.17, 15) is 5.11 Å². The Kier molecular flexibility index (Phi) is 12.1. The summed E-state index contributed by atoms with van der Waals surface area (Å²) in [6, 6.07) is 0. The van der Waals surface area contributed by atoms with Crippen molar-refractivity contribution in [2.45, 2.75) is 97.5 Å². The summed E-state index contributed by atoms with van der Waals surface area (Å²) >= 11 is 9.46. The van der Waals surface area contributed by atoms with E-state index < -0.39 is 5.60 Å². The summed E-state index contributed by atoms with van der Waals surface area (Å²) in [5, 5.41) is 10.7. The van der Waals surface area contributed by atoms with Crippen LogP contribution in [-0.4, -0.2) is 14.9 Å². The fourth-order valence-electron chi connectivity index (χ4n) is 2.63. The van der Waals surface area contributed by atoms with Gasteiger partial charge in [0.05, 0.1) is 4.20 Å². The van der Waals surface area contributed by atoms with Gasteiger partial charge in [-0.1, -0.05) is 91.3 Å². The molecule has 0 heterocycles. The van der Waals surface area contributed by atoms with Crippen LogP contribution >= 0.6 is 24.8 Å². The molecule has 0 unspecified atom stereocenters. The van der Waals surface area contributed by atoms with Gasteiger partial charge >= 0.3 is 0 Å². The Morgan fingerprint density at radius 2 is 1.24 bits per heavy atom. The van der Waals surface area contributed by atoms with E-state index in [1.165, 1.54) is 38.5 Å². The Balaban J connectivity index is 3.92. The molecule has 0 fully saturated rings. The van der Waals surface area contributed by atoms with E-state index in [0.717, 1.165) is 37.5 Å². The van der Waals surface area contributed by atoms with Gasteiger partial charge in [0.15, 0.2) is 0 Å². The van der Waals surface area contributed by atoms with E-state index in [1.54, 1.807) is 0 Å². The van der Waals surface area contributed by atoms with E-state index in [4.69, 9.17) is 12.2 Å². The van der Waals surface area contributed by atoms with Crippen LogP contribution in [0.2, 0.25) is 0 Å². The standard InChI is InChI=1S/C18H36OS2/c1-15(2)11-7-5-9-13-18(19,17(20)21)14-10-6-8-12-16(3)4/h15-16,19H,5-14H2,1-4H3,(H,20,21). The molecule has 0 aliphatic carbocycles. The molecule has 0 aromatic rings. The van der Waals surface area contributed by atoms with Crippen LogP contribution in [0, 0.1) is 11.8 Å². The maximum Gasteiger partial charge on any atom is 0.105 e. The summed E-state index contributed by atoms with van der Waals surface area (Å²) in [7, 11) is 0. The van der Waals surface area contributed by atoms with Crippen molar-refractivity contribution in [3.63, 3.8) is 0 Å². The summed E-state index contributed by atoms with van der Waals surface area (Å²) < 4.78 is 0.482. The molecule has 0 aliphatic rings. The van der Waals surface area contributed by atoms with E-state index in [-0.39, 0.29) is 0 Å². The summed E-state index contributed by atoms with van der Waals surface area (Å²) in [4.78, 5) is 0. The van der Waals surface area contributed by atoms with E-state index in [0.29, 0.717) is 4.20 Å². The Morgan fingerprint density at radius 3 is 1.52 bits per heavy atom. The second-order valence-corrected chi connectivity index (χ2v) is 8.48. The van der Waals surface area contributed by atoms with Gasteiger partial charge in [0.1, 0.15) is 5.60 Å². The number of unbranched alkanes of at least 4 members (excludes halogenated alkanes) is 4. The van der Waals surface area contributed by atoms with E-state index in [2.05, 4.69) is 40.3 Å². The third kappa shape index (κ3) is 11.6. The zero-order valence-electron chi connectivity index (χ0n) is 14.5. The monoisotopic (exact) mass is 332 g/mol. The second kappa shape index (κ2) is 11.9. The van der Waals surface area contributed by atoms with Crippen LogP contribution in [-0.2, 0) is 0 Å². The van der Waals surface area contributed by atoms with E-state index >= 15 is 0 Å². The van der Waals surface area contributed by atoms with Gasteiger partial charge in [-0.2, -0.15) is 0 Å². The molecule has 0 aromatic carbocycles. The quantitative estimate of drug-likeness (QED) is 0.238. The van der Waals surface area contributed by atoms with Gasteiger partial charge in [-0.15, -0.1) is 12.6 Å². The molecule has 0 radical (unpaired) electrons. The van der Waals surface area contributed by atoms with Gasteiger partial charge in [0.2, 0.25) is 0 Å². The smallest absolute Gasteiger partial charge is 0.105 e. The predicted octanol–water partition coefficient (Wildman–Crippen LogP) is 6.19. The highest BCUT2D eigenvalue weighted by molar-refractivity contribution is 8.11. The Morgan fingerprint density at radius 1 is 0.857 bits per heavy atom. The van der Waals surface area contributed by atoms with Crippen molar-refractivity contribution in [1.29, 1.82) is 0 Å². The van der Waals surface area contributed by atoms with Crippen LogP contribution in [0.3, 0.4) is 0 Å². The van der Waals surface area contributed by atoms with Crippen LogP contribution in [0.15, 0.2) is 0 Å². The summed E-state index contributed by atoms with van der Waals surface area (Å²) in [6.45, 7) is 9.04. The van der Waals surface area contributed by atoms with Crippen LogP contribution < -0.4 is 0 Å². The van der Waals surface area contributed by atoms with Crippen molar-refractivity contribution in [3.8, 4) is 0 Å². The lowest BCUT2D eigenvalue weighted by molar-refractivity contribution is 0.0918.